The van der Waals surface area contributed by atoms with Gasteiger partial charge in [0.25, 0.3) is 5.91 Å². The maximum atomic E-state index is 13.2. The number of carbonyl (C=O) groups excluding carboxylic acids is 1. The Balaban J connectivity index is 2.59. The molecule has 0 saturated carbocycles. The molecule has 7 nitrogen and oxygen atoms in total. The van der Waals surface area contributed by atoms with Crippen molar-refractivity contribution in [2.75, 3.05) is 0 Å². The Labute approximate surface area is 145 Å². The van der Waals surface area contributed by atoms with Crippen LogP contribution in [0.25, 0.3) is 5.69 Å². The quantitative estimate of drug-likeness (QED) is 0.855. The minimum absolute atomic E-state index is 0.0783. The Bertz CT molecular complexity index is 922. The van der Waals surface area contributed by atoms with Crippen LogP contribution in [0.15, 0.2) is 35.1 Å². The van der Waals surface area contributed by atoms with Crippen molar-refractivity contribution in [3.8, 4) is 5.69 Å². The third-order valence-electron chi connectivity index (χ3n) is 3.48. The van der Waals surface area contributed by atoms with E-state index in [9.17, 15) is 27.6 Å². The van der Waals surface area contributed by atoms with E-state index in [-0.39, 0.29) is 11.4 Å². The molecule has 0 fully saturated rings. The Kier molecular flexibility index (Phi) is 5.15. The second kappa shape index (κ2) is 6.98. The van der Waals surface area contributed by atoms with Crippen LogP contribution in [0.4, 0.5) is 13.2 Å². The van der Waals surface area contributed by atoms with Gasteiger partial charge in [-0.3, -0.25) is 14.4 Å². The van der Waals surface area contributed by atoms with Crippen LogP contribution in [0.3, 0.4) is 0 Å². The molecular formula is C16H14F3N3O4. The lowest BCUT2D eigenvalue weighted by Gasteiger charge is -2.17. The number of nitrogens with zero attached hydrogens (tertiary/aromatic N) is 2. The van der Waals surface area contributed by atoms with Crippen molar-refractivity contribution in [2.45, 2.75) is 26.1 Å². The number of benzene rings is 1. The minimum Gasteiger partial charge on any atom is -0.480 e. The van der Waals surface area contributed by atoms with E-state index in [1.165, 1.54) is 26.0 Å². The maximum absolute atomic E-state index is 13.2. The summed E-state index contributed by atoms with van der Waals surface area (Å²) >= 11 is 0. The molecule has 1 heterocycles. The highest BCUT2D eigenvalue weighted by atomic mass is 19.4. The van der Waals surface area contributed by atoms with Gasteiger partial charge in [-0.25, -0.2) is 4.68 Å². The van der Waals surface area contributed by atoms with E-state index in [1.54, 1.807) is 0 Å². The van der Waals surface area contributed by atoms with Crippen molar-refractivity contribution >= 4 is 11.9 Å². The van der Waals surface area contributed by atoms with E-state index in [2.05, 4.69) is 5.10 Å². The second-order valence-electron chi connectivity index (χ2n) is 5.46. The lowest BCUT2D eigenvalue weighted by molar-refractivity contribution is -0.139. The van der Waals surface area contributed by atoms with Gasteiger partial charge in [-0.1, -0.05) is 12.1 Å². The zero-order valence-electron chi connectivity index (χ0n) is 13.7. The van der Waals surface area contributed by atoms with Crippen molar-refractivity contribution in [3.63, 3.8) is 0 Å². The molecule has 10 heteroatoms. The molecule has 1 atom stereocenters. The number of carboxylic acids is 1. The van der Waals surface area contributed by atoms with E-state index >= 15 is 0 Å². The van der Waals surface area contributed by atoms with E-state index in [1.807, 2.05) is 5.32 Å². The largest absolute Gasteiger partial charge is 0.480 e. The van der Waals surface area contributed by atoms with E-state index in [4.69, 9.17) is 5.11 Å². The van der Waals surface area contributed by atoms with E-state index in [0.29, 0.717) is 0 Å². The highest BCUT2D eigenvalue weighted by Gasteiger charge is 2.34. The Morgan fingerprint density at radius 3 is 2.46 bits per heavy atom. The number of nitrogens with one attached hydrogen (secondary N) is 1. The van der Waals surface area contributed by atoms with Gasteiger partial charge in [0.2, 0.25) is 5.43 Å². The van der Waals surface area contributed by atoms with Crippen LogP contribution >= 0.6 is 0 Å². The van der Waals surface area contributed by atoms with Crippen LogP contribution in [0.5, 0.6) is 0 Å². The van der Waals surface area contributed by atoms with Gasteiger partial charge in [0, 0.05) is 11.8 Å². The van der Waals surface area contributed by atoms with Gasteiger partial charge in [0.15, 0.2) is 5.69 Å². The number of rotatable bonds is 4. The number of amides is 1. The third kappa shape index (κ3) is 3.90. The summed E-state index contributed by atoms with van der Waals surface area (Å²) in [4.78, 5) is 34.9. The number of halogens is 3. The fourth-order valence-electron chi connectivity index (χ4n) is 2.17. The summed E-state index contributed by atoms with van der Waals surface area (Å²) in [5, 5.41) is 14.6. The highest BCUT2D eigenvalue weighted by Crippen LogP contribution is 2.33. The fourth-order valence-corrected chi connectivity index (χ4v) is 2.17. The summed E-state index contributed by atoms with van der Waals surface area (Å²) in [6, 6.07) is 4.21. The average molecular weight is 369 g/mol. The van der Waals surface area contributed by atoms with Gasteiger partial charge >= 0.3 is 12.1 Å². The number of alkyl halides is 3. The zero-order valence-corrected chi connectivity index (χ0v) is 13.7. The van der Waals surface area contributed by atoms with Crippen LogP contribution in [0, 0.1) is 6.92 Å². The highest BCUT2D eigenvalue weighted by molar-refractivity contribution is 5.94. The van der Waals surface area contributed by atoms with Crippen LogP contribution in [0.2, 0.25) is 0 Å². The summed E-state index contributed by atoms with van der Waals surface area (Å²) in [5.41, 5.74) is -2.82. The molecule has 1 amide bonds. The zero-order chi connectivity index (χ0) is 19.6. The van der Waals surface area contributed by atoms with Gasteiger partial charge in [-0.15, -0.1) is 0 Å². The molecule has 2 aromatic rings. The van der Waals surface area contributed by atoms with Crippen molar-refractivity contribution in [1.82, 2.24) is 15.1 Å². The summed E-state index contributed by atoms with van der Waals surface area (Å²) in [6.07, 6.45) is -4.67. The molecule has 26 heavy (non-hydrogen) atoms. The first-order valence-corrected chi connectivity index (χ1v) is 7.33. The molecule has 0 aliphatic heterocycles. The molecule has 2 rings (SSSR count). The second-order valence-corrected chi connectivity index (χ2v) is 5.46. The van der Waals surface area contributed by atoms with Crippen molar-refractivity contribution < 1.29 is 27.9 Å². The van der Waals surface area contributed by atoms with Crippen molar-refractivity contribution in [3.05, 3.63) is 57.5 Å². The molecule has 0 radical (unpaired) electrons. The smallest absolute Gasteiger partial charge is 0.418 e. The number of carbonyl (C=O) groups is 2. The Hall–Kier alpha value is -3.17. The van der Waals surface area contributed by atoms with Crippen LogP contribution in [0.1, 0.15) is 28.7 Å². The van der Waals surface area contributed by atoms with Crippen LogP contribution in [-0.4, -0.2) is 32.8 Å². The first kappa shape index (κ1) is 19.2. The van der Waals surface area contributed by atoms with Crippen LogP contribution in [-0.2, 0) is 11.0 Å². The fraction of sp³-hybridized carbons (Fsp3) is 0.250. The number of hydrogen-bond donors (Lipinski definition) is 2. The number of para-hydroxylation sites is 1. The standard InChI is InChI=1S/C16H14F3N3O4/c1-8-7-12(23)13(14(24)20-9(2)15(25)26)21-22(8)11-6-4-3-5-10(11)16(17,18)19/h3-7,9H,1-2H3,(H,20,24)(H,25,26)/t9-/m0/s1. The van der Waals surface area contributed by atoms with E-state index < -0.39 is 40.8 Å². The topological polar surface area (TPSA) is 101 Å². The number of carboxylic acid groups (broad SMARTS) is 1. The molecule has 0 aliphatic carbocycles. The molecule has 0 spiro atoms. The lowest BCUT2D eigenvalue weighted by atomic mass is 10.1. The summed E-state index contributed by atoms with van der Waals surface area (Å²) in [7, 11) is 0. The summed E-state index contributed by atoms with van der Waals surface area (Å²) < 4.78 is 40.5. The lowest BCUT2D eigenvalue weighted by Crippen LogP contribution is -2.41. The van der Waals surface area contributed by atoms with Gasteiger partial charge in [0.1, 0.15) is 6.04 Å². The van der Waals surface area contributed by atoms with Gasteiger partial charge in [0.05, 0.1) is 11.3 Å². The number of aryl methyl sites for hydroxylation is 1. The van der Waals surface area contributed by atoms with Crippen molar-refractivity contribution in [1.29, 1.82) is 0 Å². The molecule has 2 N–H and O–H groups in total. The summed E-state index contributed by atoms with van der Waals surface area (Å²) in [5.74, 6) is -2.43. The molecule has 138 valence electrons. The number of hydrogen-bond acceptors (Lipinski definition) is 4. The predicted octanol–water partition coefficient (Wildman–Crippen LogP) is 1.76. The van der Waals surface area contributed by atoms with E-state index in [0.717, 1.165) is 22.9 Å². The number of aliphatic carboxylic acids is 1. The molecule has 1 aromatic heterocycles. The molecule has 1 aromatic carbocycles. The predicted molar refractivity (Wildman–Crippen MR) is 84.1 cm³/mol. The molecular weight excluding hydrogens is 355 g/mol. The first-order chi connectivity index (χ1) is 12.0. The van der Waals surface area contributed by atoms with Gasteiger partial charge < -0.3 is 10.4 Å². The molecule has 0 unspecified atom stereocenters. The van der Waals surface area contributed by atoms with Crippen LogP contribution < -0.4 is 10.7 Å². The molecule has 0 aliphatic rings. The Morgan fingerprint density at radius 2 is 1.88 bits per heavy atom. The van der Waals surface area contributed by atoms with Gasteiger partial charge in [-0.05, 0) is 26.0 Å². The average Bonchev–Trinajstić information content (AvgIpc) is 2.53. The molecule has 0 saturated heterocycles. The van der Waals surface area contributed by atoms with Gasteiger partial charge in [-0.2, -0.15) is 18.3 Å². The first-order valence-electron chi connectivity index (χ1n) is 7.33. The maximum Gasteiger partial charge on any atom is 0.418 e. The molecule has 0 bridgehead atoms. The van der Waals surface area contributed by atoms with Crippen molar-refractivity contribution in [2.24, 2.45) is 0 Å². The Morgan fingerprint density at radius 1 is 1.27 bits per heavy atom. The monoisotopic (exact) mass is 369 g/mol. The minimum atomic E-state index is -4.67. The number of aromatic nitrogens is 2. The summed E-state index contributed by atoms with van der Waals surface area (Å²) in [6.45, 7) is 2.54. The SMILES string of the molecule is Cc1cc(=O)c(C(=O)N[C@@H](C)C(=O)O)nn1-c1ccccc1C(F)(F)F. The third-order valence-corrected chi connectivity index (χ3v) is 3.48. The normalized spacial score (nSPS) is 12.5.